The SMILES string of the molecule is Cc1c(C2(F)CC2)nc2c(c1NC(=O)N=[S@@](N)(=O)c1sc(C(C)(C)O)cc1F)CCC2. The summed E-state index contributed by atoms with van der Waals surface area (Å²) in [5, 5.41) is 18.4. The highest BCUT2D eigenvalue weighted by Gasteiger charge is 2.48. The first-order chi connectivity index (χ1) is 14.3. The number of nitrogens with one attached hydrogen (secondary N) is 1. The minimum Gasteiger partial charge on any atom is -0.385 e. The van der Waals surface area contributed by atoms with Crippen LogP contribution in [0.5, 0.6) is 0 Å². The number of carbonyl (C=O) groups is 1. The van der Waals surface area contributed by atoms with Crippen LogP contribution in [-0.4, -0.2) is 20.3 Å². The molecule has 2 aromatic heterocycles. The van der Waals surface area contributed by atoms with Crippen LogP contribution in [0.3, 0.4) is 0 Å². The average Bonchev–Trinajstić information content (AvgIpc) is 3.04. The van der Waals surface area contributed by atoms with Crippen LogP contribution in [0.15, 0.2) is 14.6 Å². The predicted octanol–water partition coefficient (Wildman–Crippen LogP) is 4.20. The Morgan fingerprint density at radius 1 is 1.42 bits per heavy atom. The fourth-order valence-electron chi connectivity index (χ4n) is 3.78. The van der Waals surface area contributed by atoms with Crippen LogP contribution < -0.4 is 10.5 Å². The van der Waals surface area contributed by atoms with E-state index in [2.05, 4.69) is 14.7 Å². The van der Waals surface area contributed by atoms with Crippen LogP contribution in [0.2, 0.25) is 0 Å². The molecule has 2 amide bonds. The van der Waals surface area contributed by atoms with E-state index in [0.717, 1.165) is 23.7 Å². The number of nitrogens with zero attached hydrogens (tertiary/aromatic N) is 2. The molecule has 0 aromatic carbocycles. The molecule has 11 heteroatoms. The Balaban J connectivity index is 1.70. The van der Waals surface area contributed by atoms with Crippen molar-refractivity contribution in [2.75, 3.05) is 5.32 Å². The van der Waals surface area contributed by atoms with Gasteiger partial charge in [-0.2, -0.15) is 0 Å². The maximum atomic E-state index is 14.8. The third kappa shape index (κ3) is 4.11. The van der Waals surface area contributed by atoms with Crippen molar-refractivity contribution in [2.45, 2.75) is 68.4 Å². The number of pyridine rings is 1. The van der Waals surface area contributed by atoms with E-state index < -0.39 is 37.2 Å². The number of thiophene rings is 1. The molecule has 2 heterocycles. The number of hydrogen-bond acceptors (Lipinski definition) is 5. The standard InChI is InChI=1S/C20H24F2N4O3S2/c1-10-15(11-5-4-6-13(11)24-16(10)20(22)7-8-20)25-18(27)26-31(23,29)17-12(21)9-14(30-17)19(2,3)28/h9,28H,4-8H2,1-3H3,(H3,23,24,25,26,27,29)/t31-/m1/s1. The molecule has 0 unspecified atom stereocenters. The number of anilines is 1. The number of hydrogen-bond donors (Lipinski definition) is 3. The summed E-state index contributed by atoms with van der Waals surface area (Å²) in [6.45, 7) is 4.59. The van der Waals surface area contributed by atoms with Crippen molar-refractivity contribution >= 4 is 33.0 Å². The zero-order valence-corrected chi connectivity index (χ0v) is 19.1. The summed E-state index contributed by atoms with van der Waals surface area (Å²) in [5.74, 6) is -0.900. The molecule has 0 saturated heterocycles. The Morgan fingerprint density at radius 2 is 2.10 bits per heavy atom. The molecule has 2 aliphatic carbocycles. The smallest absolute Gasteiger partial charge is 0.354 e. The Labute approximate surface area is 183 Å². The van der Waals surface area contributed by atoms with Crippen molar-refractivity contribution in [1.29, 1.82) is 0 Å². The molecular weight excluding hydrogens is 446 g/mol. The van der Waals surface area contributed by atoms with Crippen LogP contribution in [0.25, 0.3) is 0 Å². The maximum Gasteiger partial charge on any atom is 0.354 e. The van der Waals surface area contributed by atoms with Gasteiger partial charge in [0.05, 0.1) is 17.0 Å². The maximum absolute atomic E-state index is 14.8. The van der Waals surface area contributed by atoms with Crippen molar-refractivity contribution in [3.8, 4) is 0 Å². The van der Waals surface area contributed by atoms with E-state index in [1.54, 1.807) is 6.92 Å². The van der Waals surface area contributed by atoms with Gasteiger partial charge in [0.2, 0.25) is 0 Å². The van der Waals surface area contributed by atoms with Crippen LogP contribution in [0.4, 0.5) is 19.3 Å². The van der Waals surface area contributed by atoms with E-state index in [4.69, 9.17) is 5.14 Å². The topological polar surface area (TPSA) is 118 Å². The predicted molar refractivity (Wildman–Crippen MR) is 115 cm³/mol. The number of aromatic nitrogens is 1. The van der Waals surface area contributed by atoms with Crippen molar-refractivity contribution in [3.05, 3.63) is 39.3 Å². The molecule has 0 radical (unpaired) electrons. The van der Waals surface area contributed by atoms with Crippen LogP contribution >= 0.6 is 11.3 Å². The summed E-state index contributed by atoms with van der Waals surface area (Å²) < 4.78 is 45.1. The third-order valence-corrected chi connectivity index (χ3v) is 8.90. The molecule has 1 fully saturated rings. The second kappa shape index (κ2) is 7.29. The van der Waals surface area contributed by atoms with Crippen LogP contribution in [-0.2, 0) is 34.0 Å². The molecular formula is C20H24F2N4O3S2. The number of aliphatic hydroxyl groups is 1. The van der Waals surface area contributed by atoms with E-state index in [0.29, 0.717) is 54.0 Å². The normalized spacial score (nSPS) is 18.9. The molecule has 4 rings (SSSR count). The minimum absolute atomic E-state index is 0.207. The van der Waals surface area contributed by atoms with E-state index in [1.807, 2.05) is 0 Å². The Kier molecular flexibility index (Phi) is 5.23. The average molecular weight is 471 g/mol. The zero-order valence-electron chi connectivity index (χ0n) is 17.4. The quantitative estimate of drug-likeness (QED) is 0.621. The number of aryl methyl sites for hydroxylation is 1. The third-order valence-electron chi connectivity index (χ3n) is 5.56. The van der Waals surface area contributed by atoms with Gasteiger partial charge in [-0.25, -0.2) is 22.9 Å². The van der Waals surface area contributed by atoms with Gasteiger partial charge >= 0.3 is 6.03 Å². The van der Waals surface area contributed by atoms with Gasteiger partial charge in [0.15, 0.2) is 25.6 Å². The lowest BCUT2D eigenvalue weighted by molar-refractivity contribution is 0.0823. The van der Waals surface area contributed by atoms with Gasteiger partial charge in [-0.05, 0) is 70.1 Å². The molecule has 2 aliphatic rings. The molecule has 7 nitrogen and oxygen atoms in total. The van der Waals surface area contributed by atoms with Crippen LogP contribution in [0.1, 0.15) is 60.5 Å². The van der Waals surface area contributed by atoms with Gasteiger partial charge in [0.25, 0.3) is 0 Å². The van der Waals surface area contributed by atoms with Gasteiger partial charge in [-0.15, -0.1) is 15.7 Å². The first-order valence-corrected chi connectivity index (χ1v) is 12.3. The number of alkyl halides is 1. The summed E-state index contributed by atoms with van der Waals surface area (Å²) >= 11 is 0.700. The Morgan fingerprint density at radius 3 is 2.68 bits per heavy atom. The number of carbonyl (C=O) groups excluding carboxylic acids is 1. The highest BCUT2D eigenvalue weighted by molar-refractivity contribution is 7.93. The Hall–Kier alpha value is -1.95. The number of urea groups is 1. The number of nitrogens with two attached hydrogens (primary N) is 1. The molecule has 4 N–H and O–H groups in total. The fourth-order valence-corrected chi connectivity index (χ4v) is 6.12. The van der Waals surface area contributed by atoms with Gasteiger partial charge in [-0.3, -0.25) is 4.98 Å². The summed E-state index contributed by atoms with van der Waals surface area (Å²) in [7, 11) is -3.90. The van der Waals surface area contributed by atoms with Crippen molar-refractivity contribution in [3.63, 3.8) is 0 Å². The van der Waals surface area contributed by atoms with Gasteiger partial charge in [-0.1, -0.05) is 0 Å². The second-order valence-electron chi connectivity index (χ2n) is 8.60. The molecule has 1 atom stereocenters. The number of amides is 2. The second-order valence-corrected chi connectivity index (χ2v) is 11.6. The van der Waals surface area contributed by atoms with E-state index in [9.17, 15) is 22.9 Å². The molecule has 168 valence electrons. The lowest BCUT2D eigenvalue weighted by Crippen LogP contribution is -2.20. The Bertz CT molecular complexity index is 1210. The first-order valence-electron chi connectivity index (χ1n) is 9.92. The zero-order chi connectivity index (χ0) is 22.8. The van der Waals surface area contributed by atoms with E-state index in [1.165, 1.54) is 13.8 Å². The van der Waals surface area contributed by atoms with Crippen molar-refractivity contribution in [2.24, 2.45) is 9.50 Å². The molecule has 0 bridgehead atoms. The molecule has 1 saturated carbocycles. The number of halogens is 2. The van der Waals surface area contributed by atoms with Gasteiger partial charge in [0.1, 0.15) is 0 Å². The van der Waals surface area contributed by atoms with E-state index >= 15 is 0 Å². The summed E-state index contributed by atoms with van der Waals surface area (Å²) in [6, 6.07) is 0.0192. The summed E-state index contributed by atoms with van der Waals surface area (Å²) in [4.78, 5) is 17.3. The van der Waals surface area contributed by atoms with Crippen LogP contribution in [0, 0.1) is 12.7 Å². The fraction of sp³-hybridized carbons (Fsp3) is 0.500. The van der Waals surface area contributed by atoms with E-state index in [-0.39, 0.29) is 4.88 Å². The molecule has 2 aromatic rings. The highest BCUT2D eigenvalue weighted by Crippen LogP contribution is 2.51. The number of rotatable bonds is 4. The first kappa shape index (κ1) is 22.3. The lowest BCUT2D eigenvalue weighted by atomic mass is 10.0. The molecule has 31 heavy (non-hydrogen) atoms. The molecule has 0 aliphatic heterocycles. The molecule has 0 spiro atoms. The minimum atomic E-state index is -3.90. The largest absolute Gasteiger partial charge is 0.385 e. The van der Waals surface area contributed by atoms with Crippen molar-refractivity contribution < 1.29 is 22.9 Å². The monoisotopic (exact) mass is 470 g/mol. The lowest BCUT2D eigenvalue weighted by Gasteiger charge is -2.17. The van der Waals surface area contributed by atoms with Gasteiger partial charge < -0.3 is 10.4 Å². The van der Waals surface area contributed by atoms with Gasteiger partial charge in [0, 0.05) is 10.6 Å². The number of fused-ring (bicyclic) bond motifs is 1. The summed E-state index contributed by atoms with van der Waals surface area (Å²) in [6.07, 6.45) is 2.96. The summed E-state index contributed by atoms with van der Waals surface area (Å²) in [5.41, 5.74) is -0.0494. The highest BCUT2D eigenvalue weighted by atomic mass is 32.2. The van der Waals surface area contributed by atoms with Crippen molar-refractivity contribution in [1.82, 2.24) is 4.98 Å².